The molecule has 0 bridgehead atoms. The van der Waals surface area contributed by atoms with Crippen LogP contribution >= 0.6 is 12.4 Å². The van der Waals surface area contributed by atoms with Crippen LogP contribution in [0.25, 0.3) is 0 Å². The maximum atomic E-state index is 12.9. The number of amides is 1. The highest BCUT2D eigenvalue weighted by Crippen LogP contribution is 2.30. The van der Waals surface area contributed by atoms with E-state index in [2.05, 4.69) is 24.4 Å². The molecule has 3 rings (SSSR count). The molecule has 1 aliphatic rings. The van der Waals surface area contributed by atoms with Crippen molar-refractivity contribution in [3.05, 3.63) is 65.2 Å². The first kappa shape index (κ1) is 19.3. The summed E-state index contributed by atoms with van der Waals surface area (Å²) in [6.45, 7) is 4.35. The quantitative estimate of drug-likeness (QED) is 0.910. The van der Waals surface area contributed by atoms with Crippen LogP contribution in [0, 0.1) is 6.92 Å². The Bertz CT molecular complexity index is 703. The maximum Gasteiger partial charge on any atom is 0.227 e. The molecule has 0 spiro atoms. The third kappa shape index (κ3) is 4.53. The van der Waals surface area contributed by atoms with Gasteiger partial charge in [0.1, 0.15) is 5.75 Å². The van der Waals surface area contributed by atoms with E-state index in [0.29, 0.717) is 13.0 Å². The van der Waals surface area contributed by atoms with E-state index in [1.54, 1.807) is 7.11 Å². The van der Waals surface area contributed by atoms with Crippen molar-refractivity contribution in [2.75, 3.05) is 26.7 Å². The molecule has 25 heavy (non-hydrogen) atoms. The van der Waals surface area contributed by atoms with Crippen LogP contribution in [0.3, 0.4) is 0 Å². The topological polar surface area (TPSA) is 41.6 Å². The third-order valence-electron chi connectivity index (χ3n) is 4.54. The van der Waals surface area contributed by atoms with Gasteiger partial charge in [-0.3, -0.25) is 4.79 Å². The summed E-state index contributed by atoms with van der Waals surface area (Å²) in [6, 6.07) is 16.1. The van der Waals surface area contributed by atoms with Crippen LogP contribution in [-0.2, 0) is 11.2 Å². The number of ether oxygens (including phenoxy) is 1. The Hall–Kier alpha value is -2.04. The summed E-state index contributed by atoms with van der Waals surface area (Å²) in [5, 5.41) is 3.39. The van der Waals surface area contributed by atoms with E-state index in [1.807, 2.05) is 41.3 Å². The second-order valence-corrected chi connectivity index (χ2v) is 6.21. The minimum Gasteiger partial charge on any atom is -0.496 e. The van der Waals surface area contributed by atoms with Crippen molar-refractivity contribution < 1.29 is 9.53 Å². The zero-order chi connectivity index (χ0) is 16.9. The van der Waals surface area contributed by atoms with Crippen LogP contribution in [-0.4, -0.2) is 37.6 Å². The molecule has 1 N–H and O–H groups in total. The van der Waals surface area contributed by atoms with E-state index in [-0.39, 0.29) is 24.4 Å². The molecule has 1 fully saturated rings. The smallest absolute Gasteiger partial charge is 0.227 e. The number of hydrogen-bond acceptors (Lipinski definition) is 3. The first-order chi connectivity index (χ1) is 11.7. The minimum atomic E-state index is 0. The van der Waals surface area contributed by atoms with Crippen LogP contribution < -0.4 is 10.1 Å². The van der Waals surface area contributed by atoms with Gasteiger partial charge in [0.25, 0.3) is 0 Å². The lowest BCUT2D eigenvalue weighted by Gasteiger charge is -2.37. The third-order valence-corrected chi connectivity index (χ3v) is 4.54. The molecule has 0 radical (unpaired) electrons. The molecule has 1 amide bonds. The number of halogens is 1. The van der Waals surface area contributed by atoms with Crippen LogP contribution in [0.5, 0.6) is 5.75 Å². The highest BCUT2D eigenvalue weighted by Gasteiger charge is 2.29. The van der Waals surface area contributed by atoms with E-state index in [0.717, 1.165) is 30.0 Å². The molecular weight excluding hydrogens is 336 g/mol. The lowest BCUT2D eigenvalue weighted by Crippen LogP contribution is -2.49. The van der Waals surface area contributed by atoms with Gasteiger partial charge >= 0.3 is 0 Å². The highest BCUT2D eigenvalue weighted by molar-refractivity contribution is 5.85. The molecule has 2 aromatic carbocycles. The number of benzene rings is 2. The summed E-state index contributed by atoms with van der Waals surface area (Å²) < 4.78 is 5.49. The van der Waals surface area contributed by atoms with Gasteiger partial charge in [-0.05, 0) is 18.6 Å². The number of para-hydroxylation sites is 1. The fraction of sp³-hybridized carbons (Fsp3) is 0.350. The Balaban J connectivity index is 0.00000225. The van der Waals surface area contributed by atoms with E-state index < -0.39 is 0 Å². The molecule has 4 nitrogen and oxygen atoms in total. The molecule has 1 aliphatic heterocycles. The summed E-state index contributed by atoms with van der Waals surface area (Å²) in [6.07, 6.45) is 0.436. The largest absolute Gasteiger partial charge is 0.496 e. The number of carbonyl (C=O) groups is 1. The monoisotopic (exact) mass is 360 g/mol. The van der Waals surface area contributed by atoms with Crippen molar-refractivity contribution in [2.45, 2.75) is 19.4 Å². The number of hydrogen-bond donors (Lipinski definition) is 1. The predicted molar refractivity (Wildman–Crippen MR) is 102 cm³/mol. The van der Waals surface area contributed by atoms with Gasteiger partial charge in [-0.1, -0.05) is 48.0 Å². The standard InChI is InChI=1S/C20H24N2O2.ClH/c1-15-7-9-16(10-8-15)13-20(23)22-12-11-21-14-18(22)17-5-3-4-6-19(17)24-2;/h3-10,18,21H,11-14H2,1-2H3;1H. The Labute approximate surface area is 155 Å². The van der Waals surface area contributed by atoms with Gasteiger partial charge in [-0.15, -0.1) is 12.4 Å². The first-order valence-corrected chi connectivity index (χ1v) is 8.37. The lowest BCUT2D eigenvalue weighted by atomic mass is 10.0. The Kier molecular flexibility index (Phi) is 6.85. The van der Waals surface area contributed by atoms with Gasteiger partial charge in [0, 0.05) is 25.2 Å². The molecule has 134 valence electrons. The average Bonchev–Trinajstić information content (AvgIpc) is 2.63. The number of nitrogens with one attached hydrogen (secondary N) is 1. The first-order valence-electron chi connectivity index (χ1n) is 8.37. The average molecular weight is 361 g/mol. The fourth-order valence-electron chi connectivity index (χ4n) is 3.20. The summed E-state index contributed by atoms with van der Waals surface area (Å²) in [5.41, 5.74) is 3.33. The summed E-state index contributed by atoms with van der Waals surface area (Å²) in [7, 11) is 1.67. The second kappa shape index (κ2) is 8.88. The number of carbonyl (C=O) groups excluding carboxylic acids is 1. The molecule has 0 aromatic heterocycles. The number of piperazine rings is 1. The normalized spacial score (nSPS) is 16.9. The minimum absolute atomic E-state index is 0. The molecule has 1 unspecified atom stereocenters. The molecule has 0 aliphatic carbocycles. The van der Waals surface area contributed by atoms with Crippen LogP contribution in [0.15, 0.2) is 48.5 Å². The molecule has 1 heterocycles. The number of nitrogens with zero attached hydrogens (tertiary/aromatic N) is 1. The maximum absolute atomic E-state index is 12.9. The van der Waals surface area contributed by atoms with Crippen molar-refractivity contribution in [3.63, 3.8) is 0 Å². The van der Waals surface area contributed by atoms with Crippen LogP contribution in [0.2, 0.25) is 0 Å². The van der Waals surface area contributed by atoms with Crippen molar-refractivity contribution in [2.24, 2.45) is 0 Å². The summed E-state index contributed by atoms with van der Waals surface area (Å²) in [4.78, 5) is 14.9. The molecule has 2 aromatic rings. The van der Waals surface area contributed by atoms with E-state index in [1.165, 1.54) is 5.56 Å². The van der Waals surface area contributed by atoms with Gasteiger partial charge in [0.05, 0.1) is 19.6 Å². The van der Waals surface area contributed by atoms with Gasteiger partial charge in [0.15, 0.2) is 0 Å². The molecule has 0 saturated carbocycles. The zero-order valence-corrected chi connectivity index (χ0v) is 15.5. The number of rotatable bonds is 4. The number of aryl methyl sites for hydroxylation is 1. The van der Waals surface area contributed by atoms with Crippen molar-refractivity contribution in [1.82, 2.24) is 10.2 Å². The molecule has 1 saturated heterocycles. The molecule has 1 atom stereocenters. The Morgan fingerprint density at radius 3 is 2.64 bits per heavy atom. The van der Waals surface area contributed by atoms with Crippen molar-refractivity contribution in [1.29, 1.82) is 0 Å². The van der Waals surface area contributed by atoms with Crippen LogP contribution in [0.1, 0.15) is 22.7 Å². The van der Waals surface area contributed by atoms with E-state index in [4.69, 9.17) is 4.74 Å². The van der Waals surface area contributed by atoms with Crippen LogP contribution in [0.4, 0.5) is 0 Å². The number of methoxy groups -OCH3 is 1. The predicted octanol–water partition coefficient (Wildman–Crippen LogP) is 3.14. The fourth-order valence-corrected chi connectivity index (χ4v) is 3.20. The van der Waals surface area contributed by atoms with Gasteiger partial charge in [-0.2, -0.15) is 0 Å². The van der Waals surface area contributed by atoms with Gasteiger partial charge in [0.2, 0.25) is 5.91 Å². The van der Waals surface area contributed by atoms with Gasteiger partial charge < -0.3 is 15.0 Å². The summed E-state index contributed by atoms with van der Waals surface area (Å²) in [5.74, 6) is 0.996. The summed E-state index contributed by atoms with van der Waals surface area (Å²) >= 11 is 0. The SMILES string of the molecule is COc1ccccc1C1CNCCN1C(=O)Cc1ccc(C)cc1.Cl. The van der Waals surface area contributed by atoms with Gasteiger partial charge in [-0.25, -0.2) is 0 Å². The Morgan fingerprint density at radius 2 is 1.92 bits per heavy atom. The molecule has 5 heteroatoms. The van der Waals surface area contributed by atoms with Crippen molar-refractivity contribution >= 4 is 18.3 Å². The van der Waals surface area contributed by atoms with E-state index in [9.17, 15) is 4.79 Å². The Morgan fingerprint density at radius 1 is 1.20 bits per heavy atom. The molecular formula is C20H25ClN2O2. The van der Waals surface area contributed by atoms with Crippen molar-refractivity contribution in [3.8, 4) is 5.75 Å². The second-order valence-electron chi connectivity index (χ2n) is 6.21. The van der Waals surface area contributed by atoms with E-state index >= 15 is 0 Å². The zero-order valence-electron chi connectivity index (χ0n) is 14.7. The lowest BCUT2D eigenvalue weighted by molar-refractivity contribution is -0.133. The highest BCUT2D eigenvalue weighted by atomic mass is 35.5.